The maximum absolute atomic E-state index is 11.8. The van der Waals surface area contributed by atoms with Crippen LogP contribution in [0.4, 0.5) is 5.69 Å². The Morgan fingerprint density at radius 1 is 1.53 bits per heavy atom. The molecule has 0 aliphatic rings. The van der Waals surface area contributed by atoms with Crippen LogP contribution in [0.25, 0.3) is 0 Å². The molecule has 4 heteroatoms. The molecule has 0 fully saturated rings. The van der Waals surface area contributed by atoms with Gasteiger partial charge >= 0.3 is 0 Å². The fraction of sp³-hybridized carbons (Fsp3) is 0.231. The van der Waals surface area contributed by atoms with Crippen molar-refractivity contribution in [2.75, 3.05) is 25.0 Å². The van der Waals surface area contributed by atoms with Crippen molar-refractivity contribution in [3.05, 3.63) is 29.8 Å². The number of nitrogens with zero attached hydrogens (tertiary/aromatic N) is 2. The van der Waals surface area contributed by atoms with Crippen molar-refractivity contribution in [2.24, 2.45) is 0 Å². The highest BCUT2D eigenvalue weighted by molar-refractivity contribution is 5.95. The van der Waals surface area contributed by atoms with Gasteiger partial charge in [0.2, 0.25) is 5.91 Å². The van der Waals surface area contributed by atoms with E-state index in [9.17, 15) is 4.79 Å². The number of rotatable bonds is 4. The topological polar surface area (TPSA) is 56.1 Å². The third-order valence-corrected chi connectivity index (χ3v) is 2.26. The summed E-state index contributed by atoms with van der Waals surface area (Å²) in [5.74, 6) is 2.25. The predicted octanol–water partition coefficient (Wildman–Crippen LogP) is 0.744. The average molecular weight is 227 g/mol. The molecule has 4 nitrogen and oxygen atoms in total. The van der Waals surface area contributed by atoms with Crippen molar-refractivity contribution in [2.45, 2.75) is 0 Å². The lowest BCUT2D eigenvalue weighted by Crippen LogP contribution is -2.36. The second kappa shape index (κ2) is 6.32. The average Bonchev–Trinajstić information content (AvgIpc) is 2.38. The van der Waals surface area contributed by atoms with Crippen LogP contribution in [0.5, 0.6) is 0 Å². The summed E-state index contributed by atoms with van der Waals surface area (Å²) < 4.78 is 0. The van der Waals surface area contributed by atoms with E-state index in [1.807, 2.05) is 0 Å². The summed E-state index contributed by atoms with van der Waals surface area (Å²) in [6.07, 6.45) is 5.07. The molecule has 0 saturated heterocycles. The summed E-state index contributed by atoms with van der Waals surface area (Å²) in [7, 11) is 1.63. The fourth-order valence-electron chi connectivity index (χ4n) is 1.36. The summed E-state index contributed by atoms with van der Waals surface area (Å²) in [5.41, 5.74) is 1.07. The second-order valence-corrected chi connectivity index (χ2v) is 3.39. The SMILES string of the molecule is C#CCNCC(=O)N(C)c1ccccc1C#N. The molecule has 0 aromatic heterocycles. The summed E-state index contributed by atoms with van der Waals surface area (Å²) in [5, 5.41) is 11.7. The molecule has 0 heterocycles. The molecule has 0 atom stereocenters. The Bertz CT molecular complexity index is 482. The zero-order valence-electron chi connectivity index (χ0n) is 9.60. The molecule has 0 aliphatic heterocycles. The van der Waals surface area contributed by atoms with Gasteiger partial charge < -0.3 is 4.90 Å². The van der Waals surface area contributed by atoms with Gasteiger partial charge in [0.1, 0.15) is 6.07 Å². The molecule has 0 spiro atoms. The van der Waals surface area contributed by atoms with E-state index >= 15 is 0 Å². The summed E-state index contributed by atoms with van der Waals surface area (Å²) >= 11 is 0. The first-order chi connectivity index (χ1) is 8.20. The Hall–Kier alpha value is -2.30. The molecule has 1 N–H and O–H groups in total. The first kappa shape index (κ1) is 12.8. The van der Waals surface area contributed by atoms with E-state index in [0.717, 1.165) is 0 Å². The Balaban J connectivity index is 2.76. The van der Waals surface area contributed by atoms with Crippen molar-refractivity contribution in [3.63, 3.8) is 0 Å². The number of carbonyl (C=O) groups excluding carboxylic acids is 1. The molecule has 0 saturated carbocycles. The number of hydrogen-bond donors (Lipinski definition) is 1. The highest BCUT2D eigenvalue weighted by atomic mass is 16.2. The highest BCUT2D eigenvalue weighted by Gasteiger charge is 2.13. The molecule has 0 unspecified atom stereocenters. The van der Waals surface area contributed by atoms with Gasteiger partial charge in [0.25, 0.3) is 0 Å². The van der Waals surface area contributed by atoms with Crippen molar-refractivity contribution >= 4 is 11.6 Å². The van der Waals surface area contributed by atoms with E-state index in [4.69, 9.17) is 11.7 Å². The monoisotopic (exact) mass is 227 g/mol. The van der Waals surface area contributed by atoms with Crippen molar-refractivity contribution in [3.8, 4) is 18.4 Å². The van der Waals surface area contributed by atoms with Crippen LogP contribution in [-0.4, -0.2) is 26.0 Å². The number of benzene rings is 1. The third-order valence-electron chi connectivity index (χ3n) is 2.26. The van der Waals surface area contributed by atoms with Gasteiger partial charge in [0, 0.05) is 7.05 Å². The summed E-state index contributed by atoms with van der Waals surface area (Å²) in [6.45, 7) is 0.500. The van der Waals surface area contributed by atoms with E-state index in [-0.39, 0.29) is 12.5 Å². The van der Waals surface area contributed by atoms with Crippen LogP contribution < -0.4 is 10.2 Å². The van der Waals surface area contributed by atoms with E-state index in [2.05, 4.69) is 17.3 Å². The molecule has 1 aromatic rings. The number of terminal acetylenes is 1. The maximum atomic E-state index is 11.8. The molecular weight excluding hydrogens is 214 g/mol. The van der Waals surface area contributed by atoms with Crippen LogP contribution in [0, 0.1) is 23.7 Å². The standard InChI is InChI=1S/C13H13N3O/c1-3-8-15-10-13(17)16(2)12-7-5-4-6-11(12)9-14/h1,4-7,15H,8,10H2,2H3. The lowest BCUT2D eigenvalue weighted by molar-refractivity contribution is -0.117. The summed E-state index contributed by atoms with van der Waals surface area (Å²) in [4.78, 5) is 13.2. The van der Waals surface area contributed by atoms with Gasteiger partial charge in [-0.05, 0) is 12.1 Å². The zero-order valence-corrected chi connectivity index (χ0v) is 9.60. The molecule has 17 heavy (non-hydrogen) atoms. The number of hydrogen-bond acceptors (Lipinski definition) is 3. The highest BCUT2D eigenvalue weighted by Crippen LogP contribution is 2.17. The normalized spacial score (nSPS) is 9.12. The lowest BCUT2D eigenvalue weighted by Gasteiger charge is -2.18. The number of nitrogens with one attached hydrogen (secondary N) is 1. The Morgan fingerprint density at radius 2 is 2.24 bits per heavy atom. The van der Waals surface area contributed by atoms with Gasteiger partial charge in [-0.15, -0.1) is 6.42 Å². The number of carbonyl (C=O) groups is 1. The quantitative estimate of drug-likeness (QED) is 0.610. The largest absolute Gasteiger partial charge is 0.313 e. The number of nitriles is 1. The van der Waals surface area contributed by atoms with Gasteiger partial charge in [-0.2, -0.15) is 5.26 Å². The van der Waals surface area contributed by atoms with E-state index in [1.165, 1.54) is 4.90 Å². The van der Waals surface area contributed by atoms with Crippen LogP contribution >= 0.6 is 0 Å². The number of anilines is 1. The number of para-hydroxylation sites is 1. The maximum Gasteiger partial charge on any atom is 0.240 e. The van der Waals surface area contributed by atoms with Crippen LogP contribution in [0.3, 0.4) is 0 Å². The molecule has 1 aromatic carbocycles. The molecule has 1 amide bonds. The van der Waals surface area contributed by atoms with Gasteiger partial charge in [-0.3, -0.25) is 10.1 Å². The zero-order chi connectivity index (χ0) is 12.7. The molecule has 0 bridgehead atoms. The van der Waals surface area contributed by atoms with Crippen molar-refractivity contribution < 1.29 is 4.79 Å². The predicted molar refractivity (Wildman–Crippen MR) is 66.3 cm³/mol. The number of amides is 1. The fourth-order valence-corrected chi connectivity index (χ4v) is 1.36. The summed E-state index contributed by atoms with van der Waals surface area (Å²) in [6, 6.07) is 9.01. The first-order valence-electron chi connectivity index (χ1n) is 5.10. The van der Waals surface area contributed by atoms with Gasteiger partial charge in [0.05, 0.1) is 24.3 Å². The third kappa shape index (κ3) is 3.34. The Kier molecular flexibility index (Phi) is 4.75. The molecule has 0 aliphatic carbocycles. The minimum absolute atomic E-state index is 0.136. The molecule has 1 rings (SSSR count). The van der Waals surface area contributed by atoms with E-state index in [1.54, 1.807) is 31.3 Å². The first-order valence-corrected chi connectivity index (χ1v) is 5.10. The van der Waals surface area contributed by atoms with Gasteiger partial charge in [-0.25, -0.2) is 0 Å². The molecular formula is C13H13N3O. The van der Waals surface area contributed by atoms with Crippen LogP contribution in [-0.2, 0) is 4.79 Å². The van der Waals surface area contributed by atoms with E-state index in [0.29, 0.717) is 17.8 Å². The van der Waals surface area contributed by atoms with E-state index < -0.39 is 0 Å². The van der Waals surface area contributed by atoms with Gasteiger partial charge in [-0.1, -0.05) is 18.1 Å². The Labute approximate surface area is 101 Å². The number of likely N-dealkylation sites (N-methyl/N-ethyl adjacent to an activating group) is 1. The van der Waals surface area contributed by atoms with Crippen LogP contribution in [0.2, 0.25) is 0 Å². The molecule has 0 radical (unpaired) electrons. The minimum atomic E-state index is -0.136. The van der Waals surface area contributed by atoms with Gasteiger partial charge in [0.15, 0.2) is 0 Å². The minimum Gasteiger partial charge on any atom is -0.313 e. The second-order valence-electron chi connectivity index (χ2n) is 3.39. The Morgan fingerprint density at radius 3 is 2.88 bits per heavy atom. The van der Waals surface area contributed by atoms with Crippen LogP contribution in [0.15, 0.2) is 24.3 Å². The lowest BCUT2D eigenvalue weighted by atomic mass is 10.2. The van der Waals surface area contributed by atoms with Crippen molar-refractivity contribution in [1.82, 2.24) is 5.32 Å². The smallest absolute Gasteiger partial charge is 0.240 e. The molecule has 86 valence electrons. The van der Waals surface area contributed by atoms with Crippen LogP contribution in [0.1, 0.15) is 5.56 Å². The van der Waals surface area contributed by atoms with Crippen molar-refractivity contribution in [1.29, 1.82) is 5.26 Å².